The van der Waals surface area contributed by atoms with E-state index in [0.29, 0.717) is 18.8 Å². The molecule has 2 atom stereocenters. The normalized spacial score (nSPS) is 28.8. The highest BCUT2D eigenvalue weighted by Crippen LogP contribution is 2.29. The molecule has 0 aromatic carbocycles. The van der Waals surface area contributed by atoms with E-state index in [1.54, 1.807) is 0 Å². The summed E-state index contributed by atoms with van der Waals surface area (Å²) in [5.41, 5.74) is 0. The summed E-state index contributed by atoms with van der Waals surface area (Å²) in [6.07, 6.45) is 4.03. The minimum Gasteiger partial charge on any atom is -0.481 e. The number of ketones is 1. The van der Waals surface area contributed by atoms with Gasteiger partial charge in [0.05, 0.1) is 0 Å². The zero-order valence-corrected chi connectivity index (χ0v) is 7.95. The second-order valence-corrected chi connectivity index (χ2v) is 3.79. The third-order valence-electron chi connectivity index (χ3n) is 2.75. The Morgan fingerprint density at radius 3 is 2.85 bits per heavy atom. The second-order valence-electron chi connectivity index (χ2n) is 3.79. The van der Waals surface area contributed by atoms with Crippen LogP contribution in [0.5, 0.6) is 0 Å². The molecular weight excluding hydrogens is 168 g/mol. The lowest BCUT2D eigenvalue weighted by molar-refractivity contribution is -0.148. The topological polar surface area (TPSA) is 54.4 Å². The van der Waals surface area contributed by atoms with Gasteiger partial charge in [0, 0.05) is 6.42 Å². The Bertz CT molecular complexity index is 210. The van der Waals surface area contributed by atoms with Gasteiger partial charge in [0.15, 0.2) is 0 Å². The molecule has 0 radical (unpaired) electrons. The van der Waals surface area contributed by atoms with Crippen molar-refractivity contribution in [1.29, 1.82) is 0 Å². The fraction of sp³-hybridized carbons (Fsp3) is 0.800. The molecule has 1 aliphatic rings. The van der Waals surface area contributed by atoms with Crippen molar-refractivity contribution >= 4 is 11.8 Å². The molecule has 13 heavy (non-hydrogen) atoms. The lowest BCUT2D eigenvalue weighted by Crippen LogP contribution is -2.30. The summed E-state index contributed by atoms with van der Waals surface area (Å²) in [7, 11) is 0. The van der Waals surface area contributed by atoms with E-state index in [-0.39, 0.29) is 5.78 Å². The van der Waals surface area contributed by atoms with Gasteiger partial charge in [0.25, 0.3) is 0 Å². The van der Waals surface area contributed by atoms with Crippen molar-refractivity contribution in [1.82, 2.24) is 0 Å². The molecule has 0 aromatic rings. The predicted octanol–water partition coefficient (Wildman–Crippen LogP) is 1.86. The zero-order valence-electron chi connectivity index (χ0n) is 7.95. The molecule has 0 spiro atoms. The van der Waals surface area contributed by atoms with Gasteiger partial charge in [-0.25, -0.2) is 0 Å². The molecule has 1 rings (SSSR count). The highest BCUT2D eigenvalue weighted by Gasteiger charge is 2.33. The molecule has 1 saturated carbocycles. The number of Topliss-reactive ketones (excluding diaryl/α,β-unsaturated/α-hetero) is 1. The second kappa shape index (κ2) is 4.40. The van der Waals surface area contributed by atoms with Gasteiger partial charge in [0.2, 0.25) is 0 Å². The average Bonchev–Trinajstić information content (AvgIpc) is 2.08. The SMILES string of the molecule is CCC[C@H]1CCC(=O)[C@@H](C(=O)O)C1. The highest BCUT2D eigenvalue weighted by atomic mass is 16.4. The van der Waals surface area contributed by atoms with Gasteiger partial charge in [-0.15, -0.1) is 0 Å². The third-order valence-corrected chi connectivity index (χ3v) is 2.75. The quantitative estimate of drug-likeness (QED) is 0.681. The number of aliphatic carboxylic acids is 1. The van der Waals surface area contributed by atoms with Gasteiger partial charge in [0.1, 0.15) is 11.7 Å². The standard InChI is InChI=1S/C10H16O3/c1-2-3-7-4-5-9(11)8(6-7)10(12)13/h7-8H,2-6H2,1H3,(H,12,13)/t7-,8-/m0/s1. The van der Waals surface area contributed by atoms with Gasteiger partial charge in [-0.2, -0.15) is 0 Å². The van der Waals surface area contributed by atoms with Crippen molar-refractivity contribution in [2.45, 2.75) is 39.0 Å². The molecule has 0 saturated heterocycles. The number of carbonyl (C=O) groups is 2. The molecule has 3 heteroatoms. The molecule has 0 aromatic heterocycles. The number of hydrogen-bond acceptors (Lipinski definition) is 2. The number of carboxylic acid groups (broad SMARTS) is 1. The van der Waals surface area contributed by atoms with E-state index in [1.807, 2.05) is 0 Å². The zero-order chi connectivity index (χ0) is 9.84. The van der Waals surface area contributed by atoms with E-state index in [9.17, 15) is 9.59 Å². The van der Waals surface area contributed by atoms with E-state index in [0.717, 1.165) is 19.3 Å². The number of carbonyl (C=O) groups excluding carboxylic acids is 1. The molecule has 3 nitrogen and oxygen atoms in total. The van der Waals surface area contributed by atoms with E-state index < -0.39 is 11.9 Å². The first kappa shape index (κ1) is 10.2. The van der Waals surface area contributed by atoms with Crippen LogP contribution in [0.15, 0.2) is 0 Å². The summed E-state index contributed by atoms with van der Waals surface area (Å²) in [4.78, 5) is 21.9. The Kier molecular flexibility index (Phi) is 3.46. The summed E-state index contributed by atoms with van der Waals surface area (Å²) in [6.45, 7) is 2.09. The van der Waals surface area contributed by atoms with Crippen LogP contribution in [0.2, 0.25) is 0 Å². The smallest absolute Gasteiger partial charge is 0.314 e. The summed E-state index contributed by atoms with van der Waals surface area (Å²) in [5, 5.41) is 8.77. The van der Waals surface area contributed by atoms with Crippen LogP contribution < -0.4 is 0 Å². The molecule has 0 heterocycles. The van der Waals surface area contributed by atoms with Crippen molar-refractivity contribution in [2.24, 2.45) is 11.8 Å². The molecule has 0 bridgehead atoms. The van der Waals surface area contributed by atoms with E-state index >= 15 is 0 Å². The van der Waals surface area contributed by atoms with Crippen molar-refractivity contribution in [3.8, 4) is 0 Å². The summed E-state index contributed by atoms with van der Waals surface area (Å²) < 4.78 is 0. The Balaban J connectivity index is 2.52. The van der Waals surface area contributed by atoms with Crippen LogP contribution in [-0.2, 0) is 9.59 Å². The molecule has 1 N–H and O–H groups in total. The van der Waals surface area contributed by atoms with Crippen molar-refractivity contribution in [3.63, 3.8) is 0 Å². The number of carboxylic acids is 1. The highest BCUT2D eigenvalue weighted by molar-refractivity contribution is 5.98. The van der Waals surface area contributed by atoms with Crippen LogP contribution in [0, 0.1) is 11.8 Å². The Hall–Kier alpha value is -0.860. The Morgan fingerprint density at radius 2 is 2.31 bits per heavy atom. The van der Waals surface area contributed by atoms with Crippen LogP contribution in [0.1, 0.15) is 39.0 Å². The van der Waals surface area contributed by atoms with Crippen LogP contribution in [0.3, 0.4) is 0 Å². The fourth-order valence-corrected chi connectivity index (χ4v) is 2.01. The summed E-state index contributed by atoms with van der Waals surface area (Å²) >= 11 is 0. The van der Waals surface area contributed by atoms with Crippen LogP contribution >= 0.6 is 0 Å². The van der Waals surface area contributed by atoms with Gasteiger partial charge < -0.3 is 5.11 Å². The maximum Gasteiger partial charge on any atom is 0.314 e. The molecule has 0 amide bonds. The molecular formula is C10H16O3. The lowest BCUT2D eigenvalue weighted by Gasteiger charge is -2.25. The fourth-order valence-electron chi connectivity index (χ4n) is 2.01. The van der Waals surface area contributed by atoms with Gasteiger partial charge >= 0.3 is 5.97 Å². The van der Waals surface area contributed by atoms with Gasteiger partial charge in [-0.05, 0) is 18.8 Å². The van der Waals surface area contributed by atoms with E-state index in [1.165, 1.54) is 0 Å². The monoisotopic (exact) mass is 184 g/mol. The van der Waals surface area contributed by atoms with Crippen molar-refractivity contribution in [2.75, 3.05) is 0 Å². The summed E-state index contributed by atoms with van der Waals surface area (Å²) in [6, 6.07) is 0. The first-order valence-electron chi connectivity index (χ1n) is 4.90. The van der Waals surface area contributed by atoms with Crippen LogP contribution in [-0.4, -0.2) is 16.9 Å². The number of rotatable bonds is 3. The lowest BCUT2D eigenvalue weighted by atomic mass is 9.79. The van der Waals surface area contributed by atoms with Gasteiger partial charge in [-0.1, -0.05) is 19.8 Å². The largest absolute Gasteiger partial charge is 0.481 e. The minimum absolute atomic E-state index is 0.0835. The van der Waals surface area contributed by atoms with Crippen molar-refractivity contribution in [3.05, 3.63) is 0 Å². The Morgan fingerprint density at radius 1 is 1.62 bits per heavy atom. The molecule has 0 unspecified atom stereocenters. The molecule has 0 aliphatic heterocycles. The van der Waals surface area contributed by atoms with Crippen LogP contribution in [0.25, 0.3) is 0 Å². The van der Waals surface area contributed by atoms with Gasteiger partial charge in [-0.3, -0.25) is 9.59 Å². The first-order valence-corrected chi connectivity index (χ1v) is 4.90. The molecule has 1 fully saturated rings. The average molecular weight is 184 g/mol. The maximum absolute atomic E-state index is 11.2. The first-order chi connectivity index (χ1) is 6.15. The Labute approximate surface area is 78.1 Å². The van der Waals surface area contributed by atoms with E-state index in [2.05, 4.69) is 6.92 Å². The predicted molar refractivity (Wildman–Crippen MR) is 48.4 cm³/mol. The minimum atomic E-state index is -0.939. The van der Waals surface area contributed by atoms with E-state index in [4.69, 9.17) is 5.11 Å². The summed E-state index contributed by atoms with van der Waals surface area (Å²) in [5.74, 6) is -1.29. The molecule has 1 aliphatic carbocycles. The molecule has 74 valence electrons. The van der Waals surface area contributed by atoms with Crippen LogP contribution in [0.4, 0.5) is 0 Å². The number of hydrogen-bond donors (Lipinski definition) is 1. The maximum atomic E-state index is 11.2. The third kappa shape index (κ3) is 2.54. The van der Waals surface area contributed by atoms with Crippen molar-refractivity contribution < 1.29 is 14.7 Å².